The Morgan fingerprint density at radius 1 is 1.11 bits per heavy atom. The van der Waals surface area contributed by atoms with Crippen molar-refractivity contribution in [2.75, 3.05) is 42.7 Å². The molecule has 0 atom stereocenters. The Hall–Kier alpha value is -3.77. The van der Waals surface area contributed by atoms with Crippen LogP contribution in [0.3, 0.4) is 0 Å². The molecule has 0 spiro atoms. The van der Waals surface area contributed by atoms with E-state index >= 15 is 0 Å². The van der Waals surface area contributed by atoms with E-state index < -0.39 is 0 Å². The fraction of sp³-hybridized carbons (Fsp3) is 0.192. The van der Waals surface area contributed by atoms with Gasteiger partial charge in [0.1, 0.15) is 11.3 Å². The molecule has 4 aromatic heterocycles. The summed E-state index contributed by atoms with van der Waals surface area (Å²) in [6, 6.07) is 15.0. The number of hydrogen-bond acceptors (Lipinski definition) is 9. The van der Waals surface area contributed by atoms with Gasteiger partial charge in [0, 0.05) is 31.2 Å². The van der Waals surface area contributed by atoms with Crippen LogP contribution in [0.1, 0.15) is 15.2 Å². The van der Waals surface area contributed by atoms with E-state index in [1.54, 1.807) is 18.2 Å². The van der Waals surface area contributed by atoms with Crippen molar-refractivity contribution in [2.45, 2.75) is 6.54 Å². The summed E-state index contributed by atoms with van der Waals surface area (Å²) in [5.74, 6) is -0.200. The molecule has 0 aliphatic carbocycles. The van der Waals surface area contributed by atoms with Crippen LogP contribution in [0.25, 0.3) is 17.0 Å². The second-order valence-electron chi connectivity index (χ2n) is 8.67. The molecule has 1 aromatic carbocycles. The van der Waals surface area contributed by atoms with Crippen molar-refractivity contribution >= 4 is 55.7 Å². The molecule has 1 amide bonds. The van der Waals surface area contributed by atoms with Gasteiger partial charge < -0.3 is 21.1 Å². The van der Waals surface area contributed by atoms with Gasteiger partial charge >= 0.3 is 0 Å². The first-order valence-electron chi connectivity index (χ1n) is 11.9. The summed E-state index contributed by atoms with van der Waals surface area (Å²) in [6.45, 7) is 4.34. The van der Waals surface area contributed by atoms with E-state index in [-0.39, 0.29) is 5.91 Å². The number of imidazole rings is 1. The highest BCUT2D eigenvalue weighted by atomic mass is 32.1. The number of nitrogen functional groups attached to an aromatic ring is 1. The smallest absolute Gasteiger partial charge is 0.265 e. The maximum Gasteiger partial charge on any atom is 0.265 e. The molecule has 4 N–H and O–H groups in total. The molecule has 1 fully saturated rings. The highest BCUT2D eigenvalue weighted by Crippen LogP contribution is 2.31. The number of carbonyl (C=O) groups is 1. The summed E-state index contributed by atoms with van der Waals surface area (Å²) in [7, 11) is 0. The van der Waals surface area contributed by atoms with Gasteiger partial charge in [0.15, 0.2) is 5.13 Å². The summed E-state index contributed by atoms with van der Waals surface area (Å²) < 4.78 is 7.56. The van der Waals surface area contributed by atoms with Crippen molar-refractivity contribution < 1.29 is 9.53 Å². The van der Waals surface area contributed by atoms with Crippen molar-refractivity contribution in [3.8, 4) is 11.4 Å². The van der Waals surface area contributed by atoms with E-state index in [2.05, 4.69) is 37.2 Å². The normalized spacial score (nSPS) is 14.2. The number of nitrogens with one attached hydrogen (secondary N) is 2. The fourth-order valence-electron chi connectivity index (χ4n) is 4.20. The summed E-state index contributed by atoms with van der Waals surface area (Å²) in [6.07, 6.45) is 4.00. The molecule has 0 saturated carbocycles. The monoisotopic (exact) mass is 531 g/mol. The molecule has 5 aromatic rings. The number of morpholine rings is 1. The van der Waals surface area contributed by atoms with Crippen molar-refractivity contribution in [3.05, 3.63) is 76.7 Å². The van der Waals surface area contributed by atoms with Gasteiger partial charge in [0.25, 0.3) is 5.91 Å². The lowest BCUT2D eigenvalue weighted by atomic mass is 10.2. The third-order valence-electron chi connectivity index (χ3n) is 6.11. The number of ether oxygens (including phenoxy) is 1. The summed E-state index contributed by atoms with van der Waals surface area (Å²) in [5, 5.41) is 9.77. The summed E-state index contributed by atoms with van der Waals surface area (Å²) in [4.78, 5) is 25.0. The van der Waals surface area contributed by atoms with Crippen molar-refractivity contribution in [1.29, 1.82) is 0 Å². The Kier molecular flexibility index (Phi) is 6.58. The molecule has 188 valence electrons. The number of anilines is 4. The third-order valence-corrected chi connectivity index (χ3v) is 7.87. The SMILES string of the molecule is Nc1ccccc1NC(=O)c1ccc(Nc2nc(-c3cnc4ccc(CN5CCOCC5)cn34)cs2)s1. The molecule has 5 heterocycles. The highest BCUT2D eigenvalue weighted by molar-refractivity contribution is 7.19. The predicted octanol–water partition coefficient (Wildman–Crippen LogP) is 4.93. The third kappa shape index (κ3) is 5.20. The Balaban J connectivity index is 1.16. The second kappa shape index (κ2) is 10.3. The van der Waals surface area contributed by atoms with Crippen LogP contribution in [-0.2, 0) is 11.3 Å². The van der Waals surface area contributed by atoms with E-state index in [1.807, 2.05) is 35.8 Å². The van der Waals surface area contributed by atoms with Gasteiger partial charge in [-0.3, -0.25) is 14.1 Å². The lowest BCUT2D eigenvalue weighted by Crippen LogP contribution is -2.35. The van der Waals surface area contributed by atoms with Gasteiger partial charge in [-0.2, -0.15) is 0 Å². The van der Waals surface area contributed by atoms with E-state index in [0.717, 1.165) is 60.0 Å². The first-order valence-corrected chi connectivity index (χ1v) is 13.6. The average molecular weight is 532 g/mol. The van der Waals surface area contributed by atoms with Gasteiger partial charge in [-0.05, 0) is 35.9 Å². The maximum absolute atomic E-state index is 12.7. The van der Waals surface area contributed by atoms with Gasteiger partial charge in [0.05, 0.1) is 46.4 Å². The highest BCUT2D eigenvalue weighted by Gasteiger charge is 2.15. The van der Waals surface area contributed by atoms with Crippen LogP contribution in [0.4, 0.5) is 21.5 Å². The number of thiazole rings is 1. The number of nitrogens with two attached hydrogens (primary N) is 1. The number of carbonyl (C=O) groups excluding carboxylic acids is 1. The second-order valence-corrected chi connectivity index (χ2v) is 10.6. The zero-order valence-electron chi connectivity index (χ0n) is 19.9. The van der Waals surface area contributed by atoms with Gasteiger partial charge in [-0.1, -0.05) is 18.2 Å². The number of para-hydroxylation sites is 2. The zero-order chi connectivity index (χ0) is 25.2. The van der Waals surface area contributed by atoms with Crippen LogP contribution in [0.15, 0.2) is 66.3 Å². The van der Waals surface area contributed by atoms with Crippen molar-refractivity contribution in [3.63, 3.8) is 0 Å². The van der Waals surface area contributed by atoms with Crippen molar-refractivity contribution in [2.24, 2.45) is 0 Å². The Morgan fingerprint density at radius 2 is 1.97 bits per heavy atom. The fourth-order valence-corrected chi connectivity index (χ4v) is 5.78. The Morgan fingerprint density at radius 3 is 2.84 bits per heavy atom. The maximum atomic E-state index is 12.7. The number of thiophene rings is 1. The minimum Gasteiger partial charge on any atom is -0.397 e. The van der Waals surface area contributed by atoms with Gasteiger partial charge in [0.2, 0.25) is 0 Å². The number of fused-ring (bicyclic) bond motifs is 1. The molecule has 37 heavy (non-hydrogen) atoms. The molecule has 0 unspecified atom stereocenters. The van der Waals surface area contributed by atoms with Gasteiger partial charge in [-0.15, -0.1) is 22.7 Å². The molecule has 11 heteroatoms. The number of benzene rings is 1. The van der Waals surface area contributed by atoms with E-state index in [0.29, 0.717) is 16.3 Å². The molecule has 0 radical (unpaired) electrons. The lowest BCUT2D eigenvalue weighted by Gasteiger charge is -2.26. The molecule has 6 rings (SSSR count). The standard InChI is InChI=1S/C26H25N7O2S2/c27-18-3-1-2-4-19(18)29-25(34)22-6-8-24(37-22)31-26-30-20(16-36-26)21-13-28-23-7-5-17(15-33(21)23)14-32-9-11-35-12-10-32/h1-8,13,15-16H,9-12,14,27H2,(H,29,34)(H,30,31). The quantitative estimate of drug-likeness (QED) is 0.256. The number of pyridine rings is 1. The first kappa shape index (κ1) is 23.6. The number of hydrogen-bond donors (Lipinski definition) is 3. The number of aromatic nitrogens is 3. The van der Waals surface area contributed by atoms with Gasteiger partial charge in [-0.25, -0.2) is 9.97 Å². The zero-order valence-corrected chi connectivity index (χ0v) is 21.5. The first-order chi connectivity index (χ1) is 18.1. The predicted molar refractivity (Wildman–Crippen MR) is 149 cm³/mol. The Labute approximate surface area is 221 Å². The number of amides is 1. The summed E-state index contributed by atoms with van der Waals surface area (Å²) in [5.41, 5.74) is 11.0. The molecule has 0 bridgehead atoms. The van der Waals surface area contributed by atoms with E-state index in [9.17, 15) is 4.79 Å². The largest absolute Gasteiger partial charge is 0.397 e. The van der Waals surface area contributed by atoms with Crippen molar-refractivity contribution in [1.82, 2.24) is 19.3 Å². The minimum absolute atomic E-state index is 0.200. The number of nitrogens with zero attached hydrogens (tertiary/aromatic N) is 4. The number of rotatable bonds is 7. The molecular formula is C26H25N7O2S2. The molecular weight excluding hydrogens is 506 g/mol. The molecule has 1 aliphatic rings. The van der Waals surface area contributed by atoms with Crippen LogP contribution in [0.2, 0.25) is 0 Å². The molecule has 1 saturated heterocycles. The minimum atomic E-state index is -0.200. The average Bonchev–Trinajstić information content (AvgIpc) is 3.66. The molecule has 1 aliphatic heterocycles. The van der Waals surface area contributed by atoms with Crippen LogP contribution >= 0.6 is 22.7 Å². The summed E-state index contributed by atoms with van der Waals surface area (Å²) >= 11 is 2.87. The topological polar surface area (TPSA) is 110 Å². The van der Waals surface area contributed by atoms with Crippen LogP contribution in [0, 0.1) is 0 Å². The Bertz CT molecular complexity index is 1550. The lowest BCUT2D eigenvalue weighted by molar-refractivity contribution is 0.0341. The van der Waals surface area contributed by atoms with E-state index in [1.165, 1.54) is 28.2 Å². The van der Waals surface area contributed by atoms with Crippen LogP contribution in [-0.4, -0.2) is 51.5 Å². The van der Waals surface area contributed by atoms with E-state index in [4.69, 9.17) is 15.5 Å². The van der Waals surface area contributed by atoms with Crippen LogP contribution in [0.5, 0.6) is 0 Å². The molecule has 9 nitrogen and oxygen atoms in total. The van der Waals surface area contributed by atoms with Crippen LogP contribution < -0.4 is 16.4 Å².